The molecule has 19 heavy (non-hydrogen) atoms. The maximum absolute atomic E-state index is 11.4. The highest BCUT2D eigenvalue weighted by Crippen LogP contribution is 2.15. The van der Waals surface area contributed by atoms with Crippen LogP contribution in [0.1, 0.15) is 26.0 Å². The van der Waals surface area contributed by atoms with Gasteiger partial charge in [-0.1, -0.05) is 31.7 Å². The molecule has 1 rings (SSSR count). The van der Waals surface area contributed by atoms with Gasteiger partial charge in [0.1, 0.15) is 0 Å². The van der Waals surface area contributed by atoms with Gasteiger partial charge in [-0.3, -0.25) is 4.79 Å². The van der Waals surface area contributed by atoms with Gasteiger partial charge in [-0.25, -0.2) is 9.78 Å². The zero-order valence-corrected chi connectivity index (χ0v) is 12.0. The Hall–Kier alpha value is -1.56. The average Bonchev–Trinajstić information content (AvgIpc) is 2.36. The van der Waals surface area contributed by atoms with Crippen LogP contribution in [0.3, 0.4) is 0 Å². The van der Waals surface area contributed by atoms with E-state index in [1.54, 1.807) is 6.92 Å². The molecule has 0 fully saturated rings. The lowest BCUT2D eigenvalue weighted by molar-refractivity contribution is -0.138. The fourth-order valence-electron chi connectivity index (χ4n) is 1.38. The fourth-order valence-corrected chi connectivity index (χ4v) is 2.17. The topological polar surface area (TPSA) is 72.0 Å². The molecular formula is C13H18N2O3S. The summed E-state index contributed by atoms with van der Waals surface area (Å²) in [5.41, 5.74) is 0.939. The number of hydrogen-bond acceptors (Lipinski definition) is 5. The minimum atomic E-state index is -0.415. The van der Waals surface area contributed by atoms with Crippen molar-refractivity contribution in [1.82, 2.24) is 9.97 Å². The first kappa shape index (κ1) is 15.5. The number of rotatable bonds is 7. The second-order valence-electron chi connectivity index (χ2n) is 3.90. The van der Waals surface area contributed by atoms with Gasteiger partial charge in [0, 0.05) is 23.1 Å². The van der Waals surface area contributed by atoms with E-state index >= 15 is 0 Å². The summed E-state index contributed by atoms with van der Waals surface area (Å²) in [5, 5.41) is 0.501. The quantitative estimate of drug-likeness (QED) is 0.358. The number of esters is 1. The molecule has 0 amide bonds. The average molecular weight is 282 g/mol. The summed E-state index contributed by atoms with van der Waals surface area (Å²) in [5.74, 6) is -0.0702. The third-order valence-electron chi connectivity index (χ3n) is 2.23. The molecule has 5 nitrogen and oxygen atoms in total. The number of aromatic nitrogens is 2. The Bertz CT molecular complexity index is 511. The Labute approximate surface area is 116 Å². The first-order chi connectivity index (χ1) is 9.06. The van der Waals surface area contributed by atoms with Crippen LogP contribution < -0.4 is 5.56 Å². The molecule has 1 heterocycles. The lowest BCUT2D eigenvalue weighted by atomic mass is 10.2. The number of thioether (sulfide) groups is 1. The van der Waals surface area contributed by atoms with Crippen LogP contribution in [0.25, 0.3) is 0 Å². The first-order valence-electron chi connectivity index (χ1n) is 6.14. The second-order valence-corrected chi connectivity index (χ2v) is 4.87. The molecule has 1 N–H and O–H groups in total. The minimum absolute atomic E-state index is 0.178. The van der Waals surface area contributed by atoms with E-state index < -0.39 is 5.97 Å². The van der Waals surface area contributed by atoms with Crippen molar-refractivity contribution < 1.29 is 9.53 Å². The van der Waals surface area contributed by atoms with Crippen LogP contribution in [-0.4, -0.2) is 28.3 Å². The molecule has 0 atom stereocenters. The van der Waals surface area contributed by atoms with E-state index in [-0.39, 0.29) is 5.56 Å². The van der Waals surface area contributed by atoms with Crippen LogP contribution >= 0.6 is 11.8 Å². The summed E-state index contributed by atoms with van der Waals surface area (Å²) in [6, 6.07) is 1.49. The molecule has 0 bridgehead atoms. The third kappa shape index (κ3) is 5.30. The summed E-state index contributed by atoms with van der Waals surface area (Å²) in [6.45, 7) is 7.75. The van der Waals surface area contributed by atoms with Crippen LogP contribution in [0.5, 0.6) is 0 Å². The van der Waals surface area contributed by atoms with Crippen molar-refractivity contribution in [3.8, 4) is 0 Å². The highest BCUT2D eigenvalue weighted by Gasteiger charge is 2.09. The Morgan fingerprint density at radius 3 is 2.89 bits per heavy atom. The van der Waals surface area contributed by atoms with E-state index in [0.717, 1.165) is 18.5 Å². The van der Waals surface area contributed by atoms with Crippen LogP contribution in [0, 0.1) is 0 Å². The van der Waals surface area contributed by atoms with Gasteiger partial charge in [0.2, 0.25) is 0 Å². The summed E-state index contributed by atoms with van der Waals surface area (Å²) < 4.78 is 4.83. The molecule has 0 aliphatic heterocycles. The normalized spacial score (nSPS) is 10.2. The number of carbonyl (C=O) groups excluding carboxylic acids is 1. The summed E-state index contributed by atoms with van der Waals surface area (Å²) in [7, 11) is 0. The van der Waals surface area contributed by atoms with Crippen LogP contribution in [-0.2, 0) is 16.0 Å². The predicted octanol–water partition coefficient (Wildman–Crippen LogP) is 1.93. The van der Waals surface area contributed by atoms with Gasteiger partial charge in [-0.15, -0.1) is 0 Å². The Morgan fingerprint density at radius 2 is 2.26 bits per heavy atom. The molecule has 6 heteroatoms. The van der Waals surface area contributed by atoms with E-state index in [1.165, 1.54) is 17.8 Å². The van der Waals surface area contributed by atoms with Crippen molar-refractivity contribution in [3.05, 3.63) is 34.3 Å². The molecular weight excluding hydrogens is 264 g/mol. The number of carbonyl (C=O) groups is 1. The zero-order valence-electron chi connectivity index (χ0n) is 11.2. The van der Waals surface area contributed by atoms with Gasteiger partial charge in [-0.05, 0) is 13.3 Å². The van der Waals surface area contributed by atoms with E-state index in [0.29, 0.717) is 23.1 Å². The molecule has 0 radical (unpaired) electrons. The minimum Gasteiger partial charge on any atom is -0.463 e. The van der Waals surface area contributed by atoms with Gasteiger partial charge in [0.25, 0.3) is 5.56 Å². The first-order valence-corrected chi connectivity index (χ1v) is 7.13. The monoisotopic (exact) mass is 282 g/mol. The van der Waals surface area contributed by atoms with E-state index in [1.807, 2.05) is 6.92 Å². The third-order valence-corrected chi connectivity index (χ3v) is 3.19. The van der Waals surface area contributed by atoms with Gasteiger partial charge in [0.15, 0.2) is 5.16 Å². The van der Waals surface area contributed by atoms with Crippen molar-refractivity contribution in [2.45, 2.75) is 31.8 Å². The molecule has 0 spiro atoms. The Balaban J connectivity index is 2.64. The van der Waals surface area contributed by atoms with Crippen LogP contribution in [0.2, 0.25) is 0 Å². The number of aryl methyl sites for hydroxylation is 1. The van der Waals surface area contributed by atoms with Crippen molar-refractivity contribution in [1.29, 1.82) is 0 Å². The van der Waals surface area contributed by atoms with Gasteiger partial charge in [-0.2, -0.15) is 0 Å². The molecule has 0 aliphatic rings. The molecule has 0 unspecified atom stereocenters. The van der Waals surface area contributed by atoms with Crippen molar-refractivity contribution in [3.63, 3.8) is 0 Å². The fraction of sp³-hybridized carbons (Fsp3) is 0.462. The smallest absolute Gasteiger partial charge is 0.334 e. The van der Waals surface area contributed by atoms with Crippen LogP contribution in [0.4, 0.5) is 0 Å². The van der Waals surface area contributed by atoms with Gasteiger partial charge in [0.05, 0.1) is 6.61 Å². The van der Waals surface area contributed by atoms with Gasteiger partial charge < -0.3 is 9.72 Å². The Kier molecular flexibility index (Phi) is 6.35. The SMILES string of the molecule is C=C(CSc1nc(CCC)cc(=O)[nH]1)C(=O)OCC. The largest absolute Gasteiger partial charge is 0.463 e. The Morgan fingerprint density at radius 1 is 1.53 bits per heavy atom. The lowest BCUT2D eigenvalue weighted by Crippen LogP contribution is -2.12. The summed E-state index contributed by atoms with van der Waals surface area (Å²) >= 11 is 1.27. The number of hydrogen-bond donors (Lipinski definition) is 1. The van der Waals surface area contributed by atoms with E-state index in [4.69, 9.17) is 4.74 Å². The number of ether oxygens (including phenoxy) is 1. The maximum atomic E-state index is 11.4. The molecule has 0 aromatic carbocycles. The highest BCUT2D eigenvalue weighted by molar-refractivity contribution is 7.99. The number of nitrogens with one attached hydrogen (secondary N) is 1. The molecule has 1 aromatic rings. The number of aromatic amines is 1. The van der Waals surface area contributed by atoms with E-state index in [2.05, 4.69) is 16.5 Å². The molecule has 104 valence electrons. The molecule has 0 saturated heterocycles. The van der Waals surface area contributed by atoms with Crippen molar-refractivity contribution in [2.75, 3.05) is 12.4 Å². The lowest BCUT2D eigenvalue weighted by Gasteiger charge is -2.05. The van der Waals surface area contributed by atoms with Crippen molar-refractivity contribution >= 4 is 17.7 Å². The van der Waals surface area contributed by atoms with Gasteiger partial charge >= 0.3 is 5.97 Å². The molecule has 0 saturated carbocycles. The highest BCUT2D eigenvalue weighted by atomic mass is 32.2. The van der Waals surface area contributed by atoms with Crippen LogP contribution in [0.15, 0.2) is 28.2 Å². The second kappa shape index (κ2) is 7.78. The van der Waals surface area contributed by atoms with E-state index in [9.17, 15) is 9.59 Å². The number of nitrogens with zero attached hydrogens (tertiary/aromatic N) is 1. The molecule has 0 aliphatic carbocycles. The number of H-pyrrole nitrogens is 1. The standard InChI is InChI=1S/C13H18N2O3S/c1-4-6-10-7-11(16)15-13(14-10)19-8-9(3)12(17)18-5-2/h7H,3-6,8H2,1-2H3,(H,14,15,16). The maximum Gasteiger partial charge on any atom is 0.334 e. The summed E-state index contributed by atoms with van der Waals surface area (Å²) in [6.07, 6.45) is 1.69. The molecule has 1 aromatic heterocycles. The summed E-state index contributed by atoms with van der Waals surface area (Å²) in [4.78, 5) is 29.8. The van der Waals surface area contributed by atoms with Crippen molar-refractivity contribution in [2.24, 2.45) is 0 Å². The zero-order chi connectivity index (χ0) is 14.3. The predicted molar refractivity (Wildman–Crippen MR) is 75.3 cm³/mol.